The second kappa shape index (κ2) is 61.1. The molecule has 0 saturated carbocycles. The molecule has 12 unspecified atom stereocenters. The van der Waals surface area contributed by atoms with Crippen LogP contribution in [0.3, 0.4) is 0 Å². The van der Waals surface area contributed by atoms with Gasteiger partial charge in [-0.25, -0.2) is 0 Å². The molecule has 0 aromatic heterocycles. The maximum Gasteiger partial charge on any atom is 0.220 e. The van der Waals surface area contributed by atoms with Crippen molar-refractivity contribution in [1.82, 2.24) is 5.32 Å². The van der Waals surface area contributed by atoms with E-state index >= 15 is 0 Å². The quantitative estimate of drug-likeness (QED) is 0.0204. The number of unbranched alkanes of at least 4 members (excludes halogenated alkanes) is 37. The molecule has 2 heterocycles. The van der Waals surface area contributed by atoms with Crippen molar-refractivity contribution in [3.05, 3.63) is 72.9 Å². The molecule has 2 saturated heterocycles. The SMILES string of the molecule is CC/C=C\C/C=C\C/C=C\C/C=C\C/C=C\C/C=C\CCCCCCCCCCCCCCC(=O)NC(COC1OC(CO)C(OC2OC(CO)C(O)C(O)C2O)C(O)C1O)C(O)CCCCCCCCCCCCCCCCCCCCCCCCCCCC. The van der Waals surface area contributed by atoms with Gasteiger partial charge in [0, 0.05) is 6.42 Å². The zero-order chi connectivity index (χ0) is 65.9. The van der Waals surface area contributed by atoms with Crippen molar-refractivity contribution < 1.29 is 64.6 Å². The molecule has 1 amide bonds. The average Bonchev–Trinajstić information content (AvgIpc) is 1.25. The zero-order valence-electron chi connectivity index (χ0n) is 57.8. The van der Waals surface area contributed by atoms with E-state index in [1.165, 1.54) is 193 Å². The number of aliphatic hydroxyl groups excluding tert-OH is 8. The third-order valence-corrected chi connectivity index (χ3v) is 18.2. The first-order valence-electron chi connectivity index (χ1n) is 37.7. The van der Waals surface area contributed by atoms with Crippen LogP contribution in [0.5, 0.6) is 0 Å². The summed E-state index contributed by atoms with van der Waals surface area (Å²) in [6.07, 6.45) is 66.3. The van der Waals surface area contributed by atoms with Crippen LogP contribution in [0.2, 0.25) is 0 Å². The van der Waals surface area contributed by atoms with E-state index in [-0.39, 0.29) is 12.5 Å². The van der Waals surface area contributed by atoms with Gasteiger partial charge in [-0.2, -0.15) is 0 Å². The maximum absolute atomic E-state index is 13.4. The van der Waals surface area contributed by atoms with Crippen LogP contribution in [-0.2, 0) is 23.7 Å². The normalized spacial score (nSPS) is 23.2. The fraction of sp³-hybridized carbons (Fsp3) is 0.831. The molecule has 14 nitrogen and oxygen atoms in total. The molecule has 2 fully saturated rings. The molecular weight excluding hydrogens is 1150 g/mol. The first-order chi connectivity index (χ1) is 44.6. The van der Waals surface area contributed by atoms with Crippen molar-refractivity contribution >= 4 is 5.91 Å². The average molecular weight is 1290 g/mol. The summed E-state index contributed by atoms with van der Waals surface area (Å²) in [6.45, 7) is 2.79. The largest absolute Gasteiger partial charge is 0.394 e. The van der Waals surface area contributed by atoms with Gasteiger partial charge in [-0.1, -0.05) is 318 Å². The van der Waals surface area contributed by atoms with Crippen LogP contribution in [0.15, 0.2) is 72.9 Å². The Hall–Kier alpha value is -2.57. The minimum Gasteiger partial charge on any atom is -0.394 e. The fourth-order valence-corrected chi connectivity index (χ4v) is 12.2. The molecule has 2 rings (SSSR count). The molecule has 0 aliphatic carbocycles. The lowest BCUT2D eigenvalue weighted by molar-refractivity contribution is -0.359. The Morgan fingerprint density at radius 2 is 0.758 bits per heavy atom. The first-order valence-corrected chi connectivity index (χ1v) is 37.7. The third kappa shape index (κ3) is 44.7. The van der Waals surface area contributed by atoms with Gasteiger partial charge in [0.25, 0.3) is 0 Å². The summed E-state index contributed by atoms with van der Waals surface area (Å²) in [5.74, 6) is -0.207. The lowest BCUT2D eigenvalue weighted by atomic mass is 9.97. The number of rotatable bonds is 62. The number of carbonyl (C=O) groups is 1. The number of amides is 1. The van der Waals surface area contributed by atoms with E-state index < -0.39 is 86.8 Å². The molecule has 91 heavy (non-hydrogen) atoms. The molecule has 0 aromatic carbocycles. The summed E-state index contributed by atoms with van der Waals surface area (Å²) in [5, 5.41) is 87.8. The van der Waals surface area contributed by atoms with Gasteiger partial charge in [-0.05, 0) is 64.2 Å². The van der Waals surface area contributed by atoms with Crippen molar-refractivity contribution in [2.45, 2.75) is 389 Å². The van der Waals surface area contributed by atoms with Crippen molar-refractivity contribution in [1.29, 1.82) is 0 Å². The van der Waals surface area contributed by atoms with Crippen LogP contribution in [0, 0.1) is 0 Å². The minimum absolute atomic E-state index is 0.207. The summed E-state index contributed by atoms with van der Waals surface area (Å²) in [4.78, 5) is 13.4. The second-order valence-corrected chi connectivity index (χ2v) is 26.4. The smallest absolute Gasteiger partial charge is 0.220 e. The predicted molar refractivity (Wildman–Crippen MR) is 373 cm³/mol. The highest BCUT2D eigenvalue weighted by atomic mass is 16.7. The van der Waals surface area contributed by atoms with Gasteiger partial charge < -0.3 is 65.1 Å². The van der Waals surface area contributed by atoms with Crippen LogP contribution in [0.4, 0.5) is 0 Å². The van der Waals surface area contributed by atoms with Crippen molar-refractivity contribution in [2.75, 3.05) is 19.8 Å². The minimum atomic E-state index is -1.79. The van der Waals surface area contributed by atoms with Gasteiger partial charge in [0.2, 0.25) is 5.91 Å². The van der Waals surface area contributed by atoms with E-state index in [4.69, 9.17) is 18.9 Å². The summed E-state index contributed by atoms with van der Waals surface area (Å²) in [7, 11) is 0. The molecule has 9 N–H and O–H groups in total. The van der Waals surface area contributed by atoms with Crippen molar-refractivity contribution in [3.63, 3.8) is 0 Å². The van der Waals surface area contributed by atoms with Crippen LogP contribution >= 0.6 is 0 Å². The number of hydrogen-bond donors (Lipinski definition) is 9. The van der Waals surface area contributed by atoms with E-state index in [2.05, 4.69) is 92.1 Å². The lowest BCUT2D eigenvalue weighted by Gasteiger charge is -2.46. The Bertz CT molecular complexity index is 1800. The van der Waals surface area contributed by atoms with Gasteiger partial charge in [-0.3, -0.25) is 4.79 Å². The number of allylic oxidation sites excluding steroid dienone is 12. The number of aliphatic hydroxyl groups is 8. The summed E-state index contributed by atoms with van der Waals surface area (Å²) >= 11 is 0. The molecule has 0 bridgehead atoms. The highest BCUT2D eigenvalue weighted by molar-refractivity contribution is 5.76. The highest BCUT2D eigenvalue weighted by Crippen LogP contribution is 2.30. The van der Waals surface area contributed by atoms with E-state index in [9.17, 15) is 45.6 Å². The number of hydrogen-bond acceptors (Lipinski definition) is 13. The molecule has 0 aromatic rings. The summed E-state index contributed by atoms with van der Waals surface area (Å²) < 4.78 is 23.0. The Labute approximate surface area is 555 Å². The Balaban J connectivity index is 1.64. The number of nitrogens with one attached hydrogen (secondary N) is 1. The van der Waals surface area contributed by atoms with Crippen LogP contribution in [0.25, 0.3) is 0 Å². The molecule has 0 radical (unpaired) electrons. The summed E-state index contributed by atoms with van der Waals surface area (Å²) in [5.41, 5.74) is 0. The van der Waals surface area contributed by atoms with Crippen LogP contribution in [0.1, 0.15) is 316 Å². The van der Waals surface area contributed by atoms with Gasteiger partial charge in [-0.15, -0.1) is 0 Å². The Kier molecular flexibility index (Phi) is 56.7. The summed E-state index contributed by atoms with van der Waals surface area (Å²) in [6, 6.07) is -0.835. The van der Waals surface area contributed by atoms with E-state index in [0.29, 0.717) is 12.8 Å². The fourth-order valence-electron chi connectivity index (χ4n) is 12.2. The number of carbonyl (C=O) groups excluding carboxylic acids is 1. The van der Waals surface area contributed by atoms with E-state index in [1.54, 1.807) is 0 Å². The van der Waals surface area contributed by atoms with Crippen LogP contribution in [-0.4, -0.2) is 140 Å². The molecule has 2 aliphatic heterocycles. The molecule has 530 valence electrons. The highest BCUT2D eigenvalue weighted by Gasteiger charge is 2.51. The van der Waals surface area contributed by atoms with Gasteiger partial charge in [0.15, 0.2) is 12.6 Å². The standard InChI is InChI=1S/C77H139NO13/c1-3-5-7-9-11-13-15-17-19-21-23-25-27-29-31-32-33-34-35-37-39-41-43-45-47-49-51-53-55-57-59-61-69(82)78-65(64-88-76-74(87)72(85)75(68(63-80)90-76)91-77-73(86)71(84)70(83)67(62-79)89-77)66(81)60-58-56-54-52-50-48-46-44-42-40-38-36-30-28-26-24-22-20-18-16-14-12-10-8-6-4-2/h5,7,11,13,17,19,23,25,29,31,33-34,65-68,70-77,79-81,83-87H,3-4,6,8-10,12,14-16,18,20-22,24,26-28,30,32,35-64H2,1-2H3,(H,78,82)/b7-5-,13-11-,19-17-,25-23-,31-29-,34-33-. The second-order valence-electron chi connectivity index (χ2n) is 26.4. The zero-order valence-corrected chi connectivity index (χ0v) is 57.8. The predicted octanol–water partition coefficient (Wildman–Crippen LogP) is 16.2. The van der Waals surface area contributed by atoms with Gasteiger partial charge in [0.05, 0.1) is 32.0 Å². The van der Waals surface area contributed by atoms with Crippen molar-refractivity contribution in [2.24, 2.45) is 0 Å². The first kappa shape index (κ1) is 84.5. The molecule has 2 aliphatic rings. The maximum atomic E-state index is 13.4. The van der Waals surface area contributed by atoms with Crippen molar-refractivity contribution in [3.8, 4) is 0 Å². The molecule has 12 atom stereocenters. The van der Waals surface area contributed by atoms with E-state index in [1.807, 2.05) is 0 Å². The third-order valence-electron chi connectivity index (χ3n) is 18.2. The Morgan fingerprint density at radius 1 is 0.407 bits per heavy atom. The monoisotopic (exact) mass is 1290 g/mol. The number of ether oxygens (including phenoxy) is 4. The van der Waals surface area contributed by atoms with Gasteiger partial charge >= 0.3 is 0 Å². The Morgan fingerprint density at radius 3 is 1.16 bits per heavy atom. The molecule has 14 heteroatoms. The lowest BCUT2D eigenvalue weighted by Crippen LogP contribution is -2.65. The van der Waals surface area contributed by atoms with Crippen LogP contribution < -0.4 is 5.32 Å². The van der Waals surface area contributed by atoms with Gasteiger partial charge in [0.1, 0.15) is 48.8 Å². The molecule has 0 spiro atoms. The van der Waals surface area contributed by atoms with E-state index in [0.717, 1.165) is 96.3 Å². The molecular formula is C77H139NO13. The topological polar surface area (TPSA) is 228 Å².